The summed E-state index contributed by atoms with van der Waals surface area (Å²) in [5.74, 6) is -0.0503. The molecular formula is C36H40F2N4O6. The molecule has 2 heterocycles. The van der Waals surface area contributed by atoms with Crippen molar-refractivity contribution in [1.29, 1.82) is 0 Å². The second kappa shape index (κ2) is 15.9. The van der Waals surface area contributed by atoms with Crippen molar-refractivity contribution in [2.45, 2.75) is 26.7 Å². The summed E-state index contributed by atoms with van der Waals surface area (Å²) in [5.41, 5.74) is 0.452. The van der Waals surface area contributed by atoms with Gasteiger partial charge in [0.25, 0.3) is 0 Å². The van der Waals surface area contributed by atoms with E-state index in [2.05, 4.69) is 15.2 Å². The summed E-state index contributed by atoms with van der Waals surface area (Å²) >= 11 is 0. The number of nitrogens with zero attached hydrogens (tertiary/aromatic N) is 3. The SMILES string of the molecule is COc1cc2c(Oc3ccc(NC(=O)C(C)(C)CCN(C=O)c4ccc(F)cc4)cc3F)ccnc2cc1OCCCN1CCOCC1. The van der Waals surface area contributed by atoms with Crippen LogP contribution in [0.15, 0.2) is 66.9 Å². The van der Waals surface area contributed by atoms with Crippen LogP contribution in [0.25, 0.3) is 10.9 Å². The molecule has 1 aliphatic rings. The highest BCUT2D eigenvalue weighted by atomic mass is 19.1. The van der Waals surface area contributed by atoms with Crippen molar-refractivity contribution in [3.63, 3.8) is 0 Å². The molecule has 0 saturated carbocycles. The highest BCUT2D eigenvalue weighted by Gasteiger charge is 2.29. The molecule has 1 aliphatic heterocycles. The van der Waals surface area contributed by atoms with Gasteiger partial charge in [-0.2, -0.15) is 0 Å². The third kappa shape index (κ3) is 8.75. The van der Waals surface area contributed by atoms with E-state index in [1.165, 1.54) is 41.3 Å². The molecule has 3 aromatic carbocycles. The molecule has 0 bridgehead atoms. The Morgan fingerprint density at radius 1 is 1.02 bits per heavy atom. The predicted octanol–water partition coefficient (Wildman–Crippen LogP) is 6.43. The molecule has 0 spiro atoms. The largest absolute Gasteiger partial charge is 0.493 e. The van der Waals surface area contributed by atoms with Crippen LogP contribution in [0.3, 0.4) is 0 Å². The third-order valence-corrected chi connectivity index (χ3v) is 8.25. The molecule has 254 valence electrons. The number of carbonyl (C=O) groups excluding carboxylic acids is 2. The van der Waals surface area contributed by atoms with Crippen molar-refractivity contribution in [2.75, 3.05) is 63.3 Å². The van der Waals surface area contributed by atoms with E-state index in [4.69, 9.17) is 18.9 Å². The Bertz CT molecular complexity index is 1710. The molecule has 1 aromatic heterocycles. The Hall–Kier alpha value is -4.81. The van der Waals surface area contributed by atoms with E-state index in [1.807, 2.05) is 0 Å². The van der Waals surface area contributed by atoms with Crippen LogP contribution in [0.2, 0.25) is 0 Å². The molecule has 1 N–H and O–H groups in total. The maximum Gasteiger partial charge on any atom is 0.230 e. The Morgan fingerprint density at radius 3 is 2.50 bits per heavy atom. The lowest BCUT2D eigenvalue weighted by Gasteiger charge is -2.27. The topological polar surface area (TPSA) is 102 Å². The first kappa shape index (κ1) is 34.5. The third-order valence-electron chi connectivity index (χ3n) is 8.25. The fraction of sp³-hybridized carbons (Fsp3) is 0.361. The van der Waals surface area contributed by atoms with Crippen molar-refractivity contribution < 1.29 is 37.3 Å². The monoisotopic (exact) mass is 662 g/mol. The number of hydrogen-bond acceptors (Lipinski definition) is 8. The Balaban J connectivity index is 1.21. The highest BCUT2D eigenvalue weighted by Crippen LogP contribution is 2.38. The molecule has 0 atom stereocenters. The summed E-state index contributed by atoms with van der Waals surface area (Å²) in [6, 6.07) is 14.9. The second-order valence-electron chi connectivity index (χ2n) is 12.1. The maximum atomic E-state index is 15.3. The van der Waals surface area contributed by atoms with Crippen LogP contribution < -0.4 is 24.4 Å². The van der Waals surface area contributed by atoms with Gasteiger partial charge in [-0.15, -0.1) is 0 Å². The molecule has 10 nitrogen and oxygen atoms in total. The molecule has 12 heteroatoms. The average Bonchev–Trinajstić information content (AvgIpc) is 3.09. The smallest absolute Gasteiger partial charge is 0.230 e. The van der Waals surface area contributed by atoms with Gasteiger partial charge in [0.15, 0.2) is 23.1 Å². The lowest BCUT2D eigenvalue weighted by molar-refractivity contribution is -0.124. The summed E-state index contributed by atoms with van der Waals surface area (Å²) in [7, 11) is 1.55. The molecule has 0 unspecified atom stereocenters. The Kier molecular flexibility index (Phi) is 11.4. The van der Waals surface area contributed by atoms with Crippen molar-refractivity contribution >= 4 is 34.6 Å². The van der Waals surface area contributed by atoms with E-state index in [1.54, 1.807) is 51.4 Å². The van der Waals surface area contributed by atoms with Gasteiger partial charge in [-0.25, -0.2) is 8.78 Å². The number of halogens is 2. The second-order valence-corrected chi connectivity index (χ2v) is 12.1. The zero-order chi connectivity index (χ0) is 34.1. The Morgan fingerprint density at radius 2 is 1.79 bits per heavy atom. The number of rotatable bonds is 15. The molecule has 4 aromatic rings. The average molecular weight is 663 g/mol. The van der Waals surface area contributed by atoms with Crippen LogP contribution in [-0.2, 0) is 14.3 Å². The fourth-order valence-electron chi connectivity index (χ4n) is 5.25. The number of nitrogens with one attached hydrogen (secondary N) is 1. The van der Waals surface area contributed by atoms with Gasteiger partial charge in [-0.1, -0.05) is 13.8 Å². The van der Waals surface area contributed by atoms with Gasteiger partial charge in [-0.3, -0.25) is 19.5 Å². The number of fused-ring (bicyclic) bond motifs is 1. The van der Waals surface area contributed by atoms with Crippen molar-refractivity contribution in [3.05, 3.63) is 78.5 Å². The molecule has 48 heavy (non-hydrogen) atoms. The highest BCUT2D eigenvalue weighted by molar-refractivity contribution is 5.95. The first-order chi connectivity index (χ1) is 23.2. The van der Waals surface area contributed by atoms with E-state index in [0.29, 0.717) is 53.3 Å². The molecule has 0 radical (unpaired) electrons. The van der Waals surface area contributed by atoms with Gasteiger partial charge in [0.1, 0.15) is 11.6 Å². The normalized spacial score (nSPS) is 13.6. The minimum Gasteiger partial charge on any atom is -0.493 e. The fourth-order valence-corrected chi connectivity index (χ4v) is 5.25. The molecule has 1 fully saturated rings. The zero-order valence-corrected chi connectivity index (χ0v) is 27.3. The van der Waals surface area contributed by atoms with Crippen LogP contribution >= 0.6 is 0 Å². The number of aromatic nitrogens is 1. The van der Waals surface area contributed by atoms with Crippen LogP contribution in [0.4, 0.5) is 20.2 Å². The number of pyridine rings is 1. The lowest BCUT2D eigenvalue weighted by atomic mass is 9.88. The zero-order valence-electron chi connectivity index (χ0n) is 27.3. The van der Waals surface area contributed by atoms with Gasteiger partial charge < -0.3 is 29.2 Å². The van der Waals surface area contributed by atoms with Gasteiger partial charge in [0.05, 0.1) is 32.4 Å². The lowest BCUT2D eigenvalue weighted by Crippen LogP contribution is -2.37. The van der Waals surface area contributed by atoms with E-state index >= 15 is 4.39 Å². The summed E-state index contributed by atoms with van der Waals surface area (Å²) in [6.07, 6.45) is 3.36. The minimum atomic E-state index is -0.909. The summed E-state index contributed by atoms with van der Waals surface area (Å²) in [6.45, 7) is 8.46. The first-order valence-corrected chi connectivity index (χ1v) is 15.8. The molecule has 1 saturated heterocycles. The van der Waals surface area contributed by atoms with Crippen molar-refractivity contribution in [2.24, 2.45) is 5.41 Å². The van der Waals surface area contributed by atoms with Crippen molar-refractivity contribution in [1.82, 2.24) is 9.88 Å². The van der Waals surface area contributed by atoms with E-state index in [-0.39, 0.29) is 23.9 Å². The quantitative estimate of drug-likeness (QED) is 0.115. The number of hydrogen-bond donors (Lipinski definition) is 1. The summed E-state index contributed by atoms with van der Waals surface area (Å²) in [4.78, 5) is 33.0. The number of amides is 2. The van der Waals surface area contributed by atoms with E-state index in [0.717, 1.165) is 39.3 Å². The van der Waals surface area contributed by atoms with Gasteiger partial charge >= 0.3 is 0 Å². The van der Waals surface area contributed by atoms with Crippen LogP contribution in [0.1, 0.15) is 26.7 Å². The van der Waals surface area contributed by atoms with Gasteiger partial charge in [-0.05, 0) is 61.4 Å². The summed E-state index contributed by atoms with van der Waals surface area (Å²) < 4.78 is 51.6. The molecular weight excluding hydrogens is 622 g/mol. The summed E-state index contributed by atoms with van der Waals surface area (Å²) in [5, 5.41) is 3.36. The van der Waals surface area contributed by atoms with Gasteiger partial charge in [0.2, 0.25) is 12.3 Å². The number of morpholine rings is 1. The number of benzene rings is 3. The minimum absolute atomic E-state index is 0.0388. The number of ether oxygens (including phenoxy) is 4. The predicted molar refractivity (Wildman–Crippen MR) is 179 cm³/mol. The standard InChI is InChI=1S/C36H40F2N4O6/c1-36(2,12-15-42(24-43)27-8-5-25(37)6-9-27)35(44)40-26-7-10-32(29(38)21-26)48-31-11-13-39-30-23-34(33(45-3)22-28(30)31)47-18-4-14-41-16-19-46-20-17-41/h5-11,13,21-24H,4,12,14-20H2,1-3H3,(H,40,44). The molecule has 5 rings (SSSR count). The first-order valence-electron chi connectivity index (χ1n) is 15.8. The van der Waals surface area contributed by atoms with Crippen LogP contribution in [-0.4, -0.2) is 75.3 Å². The van der Waals surface area contributed by atoms with E-state index in [9.17, 15) is 14.0 Å². The number of anilines is 2. The maximum absolute atomic E-state index is 15.3. The molecule has 0 aliphatic carbocycles. The van der Waals surface area contributed by atoms with Crippen LogP contribution in [0.5, 0.6) is 23.0 Å². The number of methoxy groups -OCH3 is 1. The van der Waals surface area contributed by atoms with Crippen molar-refractivity contribution in [3.8, 4) is 23.0 Å². The molecule has 2 amide bonds. The van der Waals surface area contributed by atoms with Crippen LogP contribution in [0, 0.1) is 17.0 Å². The van der Waals surface area contributed by atoms with Gasteiger partial charge in [0, 0.05) is 66.7 Å². The van der Waals surface area contributed by atoms with E-state index < -0.39 is 17.0 Å². The Labute approximate surface area is 278 Å². The number of carbonyl (C=O) groups is 2.